The first-order valence-corrected chi connectivity index (χ1v) is 7.25. The van der Waals surface area contributed by atoms with Crippen molar-refractivity contribution in [1.82, 2.24) is 5.32 Å². The van der Waals surface area contributed by atoms with E-state index >= 15 is 0 Å². The van der Waals surface area contributed by atoms with Crippen LogP contribution in [-0.4, -0.2) is 18.6 Å². The van der Waals surface area contributed by atoms with E-state index in [1.54, 1.807) is 6.92 Å². The predicted molar refractivity (Wildman–Crippen MR) is 85.3 cm³/mol. The van der Waals surface area contributed by atoms with Gasteiger partial charge in [0.25, 0.3) is 5.91 Å². The summed E-state index contributed by atoms with van der Waals surface area (Å²) in [5.41, 5.74) is 6.36. The van der Waals surface area contributed by atoms with Crippen molar-refractivity contribution in [3.63, 3.8) is 0 Å². The molecule has 2 aromatic carbocycles. The number of fused-ring (bicyclic) bond motifs is 1. The molecule has 2 aromatic rings. The first-order chi connectivity index (χ1) is 10.0. The minimum atomic E-state index is -0.664. The maximum absolute atomic E-state index is 11.3. The van der Waals surface area contributed by atoms with Crippen LogP contribution in [0.25, 0.3) is 10.8 Å². The van der Waals surface area contributed by atoms with E-state index in [2.05, 4.69) is 25.2 Å². The SMILES string of the molecule is CCNC(C)c1ccc2ccccc2c1OC(C)C(N)=O. The van der Waals surface area contributed by atoms with Crippen molar-refractivity contribution in [2.24, 2.45) is 5.73 Å². The largest absolute Gasteiger partial charge is 0.480 e. The summed E-state index contributed by atoms with van der Waals surface area (Å²) in [6.45, 7) is 6.67. The fraction of sp³-hybridized carbons (Fsp3) is 0.353. The Kier molecular flexibility index (Phi) is 4.81. The van der Waals surface area contributed by atoms with E-state index in [4.69, 9.17) is 10.5 Å². The van der Waals surface area contributed by atoms with E-state index in [9.17, 15) is 4.79 Å². The van der Waals surface area contributed by atoms with Crippen LogP contribution >= 0.6 is 0 Å². The summed E-state index contributed by atoms with van der Waals surface area (Å²) in [4.78, 5) is 11.3. The number of nitrogens with one attached hydrogen (secondary N) is 1. The number of rotatable bonds is 6. The van der Waals surface area contributed by atoms with Crippen LogP contribution in [0.1, 0.15) is 32.4 Å². The number of amides is 1. The number of ether oxygens (including phenoxy) is 1. The molecule has 1 amide bonds. The molecule has 2 unspecified atom stereocenters. The Hall–Kier alpha value is -2.07. The molecule has 0 aromatic heterocycles. The second kappa shape index (κ2) is 6.59. The number of carbonyl (C=O) groups excluding carboxylic acids is 1. The molecule has 0 heterocycles. The summed E-state index contributed by atoms with van der Waals surface area (Å²) in [6, 6.07) is 12.2. The Morgan fingerprint density at radius 2 is 1.95 bits per heavy atom. The van der Waals surface area contributed by atoms with E-state index in [1.807, 2.05) is 30.3 Å². The molecule has 0 saturated carbocycles. The zero-order valence-electron chi connectivity index (χ0n) is 12.7. The number of hydrogen-bond acceptors (Lipinski definition) is 3. The van der Waals surface area contributed by atoms with Gasteiger partial charge in [-0.1, -0.05) is 43.3 Å². The molecule has 112 valence electrons. The molecule has 0 bridgehead atoms. The number of carbonyl (C=O) groups is 1. The molecule has 2 atom stereocenters. The topological polar surface area (TPSA) is 64.3 Å². The molecule has 0 spiro atoms. The Balaban J connectivity index is 2.54. The Bertz CT molecular complexity index is 640. The second-order valence-electron chi connectivity index (χ2n) is 5.15. The Labute approximate surface area is 125 Å². The van der Waals surface area contributed by atoms with E-state index in [0.717, 1.165) is 28.6 Å². The van der Waals surface area contributed by atoms with Gasteiger partial charge in [0.2, 0.25) is 0 Å². The van der Waals surface area contributed by atoms with E-state index < -0.39 is 12.0 Å². The molecule has 4 heteroatoms. The zero-order chi connectivity index (χ0) is 15.4. The Morgan fingerprint density at radius 3 is 2.62 bits per heavy atom. The van der Waals surface area contributed by atoms with E-state index in [0.29, 0.717) is 0 Å². The van der Waals surface area contributed by atoms with Crippen molar-refractivity contribution in [3.8, 4) is 5.75 Å². The van der Waals surface area contributed by atoms with Crippen LogP contribution in [0.15, 0.2) is 36.4 Å². The van der Waals surface area contributed by atoms with Gasteiger partial charge in [0, 0.05) is 17.0 Å². The van der Waals surface area contributed by atoms with Crippen LogP contribution in [0.3, 0.4) is 0 Å². The zero-order valence-corrected chi connectivity index (χ0v) is 12.7. The smallest absolute Gasteiger partial charge is 0.258 e. The summed E-state index contributed by atoms with van der Waals surface area (Å²) in [5.74, 6) is 0.262. The minimum absolute atomic E-state index is 0.134. The molecule has 21 heavy (non-hydrogen) atoms. The van der Waals surface area contributed by atoms with Gasteiger partial charge >= 0.3 is 0 Å². The van der Waals surface area contributed by atoms with Gasteiger partial charge in [0.1, 0.15) is 5.75 Å². The number of primary amides is 1. The van der Waals surface area contributed by atoms with Crippen LogP contribution < -0.4 is 15.8 Å². The first kappa shape index (κ1) is 15.3. The lowest BCUT2D eigenvalue weighted by molar-refractivity contribution is -0.123. The standard InChI is InChI=1S/C17H22N2O2/c1-4-19-11(2)14-10-9-13-7-5-6-8-15(13)16(14)21-12(3)17(18)20/h5-12,19H,4H2,1-3H3,(H2,18,20). The normalized spacial score (nSPS) is 13.9. The predicted octanol–water partition coefficient (Wildman–Crippen LogP) is 2.76. The molecule has 0 aliphatic carbocycles. The second-order valence-corrected chi connectivity index (χ2v) is 5.15. The van der Waals surface area contributed by atoms with Crippen LogP contribution in [0.5, 0.6) is 5.75 Å². The van der Waals surface area contributed by atoms with Crippen molar-refractivity contribution in [3.05, 3.63) is 42.0 Å². The van der Waals surface area contributed by atoms with Crippen LogP contribution in [0.4, 0.5) is 0 Å². The molecule has 4 nitrogen and oxygen atoms in total. The maximum atomic E-state index is 11.3. The molecule has 0 radical (unpaired) electrons. The highest BCUT2D eigenvalue weighted by Gasteiger charge is 2.18. The van der Waals surface area contributed by atoms with E-state index in [1.165, 1.54) is 0 Å². The third-order valence-corrected chi connectivity index (χ3v) is 3.58. The van der Waals surface area contributed by atoms with Crippen molar-refractivity contribution < 1.29 is 9.53 Å². The third kappa shape index (κ3) is 3.34. The molecular weight excluding hydrogens is 264 g/mol. The highest BCUT2D eigenvalue weighted by molar-refractivity contribution is 5.90. The maximum Gasteiger partial charge on any atom is 0.258 e. The monoisotopic (exact) mass is 286 g/mol. The average Bonchev–Trinajstić information content (AvgIpc) is 2.47. The Morgan fingerprint density at radius 1 is 1.24 bits per heavy atom. The van der Waals surface area contributed by atoms with Crippen molar-refractivity contribution >= 4 is 16.7 Å². The lowest BCUT2D eigenvalue weighted by Gasteiger charge is -2.21. The van der Waals surface area contributed by atoms with Gasteiger partial charge in [-0.15, -0.1) is 0 Å². The number of hydrogen-bond donors (Lipinski definition) is 2. The summed E-state index contributed by atoms with van der Waals surface area (Å²) < 4.78 is 5.87. The summed E-state index contributed by atoms with van der Waals surface area (Å²) in [6.07, 6.45) is -0.664. The molecule has 0 aliphatic rings. The lowest BCUT2D eigenvalue weighted by Crippen LogP contribution is -2.31. The van der Waals surface area contributed by atoms with Crippen molar-refractivity contribution in [2.45, 2.75) is 32.9 Å². The third-order valence-electron chi connectivity index (χ3n) is 3.58. The van der Waals surface area contributed by atoms with Crippen LogP contribution in [0.2, 0.25) is 0 Å². The van der Waals surface area contributed by atoms with E-state index in [-0.39, 0.29) is 6.04 Å². The van der Waals surface area contributed by atoms with Gasteiger partial charge in [-0.3, -0.25) is 4.79 Å². The minimum Gasteiger partial charge on any atom is -0.480 e. The molecule has 0 saturated heterocycles. The molecule has 3 N–H and O–H groups in total. The number of benzene rings is 2. The van der Waals surface area contributed by atoms with Gasteiger partial charge in [0.15, 0.2) is 6.10 Å². The fourth-order valence-electron chi connectivity index (χ4n) is 2.38. The molecule has 0 fully saturated rings. The van der Waals surface area contributed by atoms with Crippen molar-refractivity contribution in [1.29, 1.82) is 0 Å². The molecule has 2 rings (SSSR count). The highest BCUT2D eigenvalue weighted by Crippen LogP contribution is 2.34. The molecule has 0 aliphatic heterocycles. The summed E-state index contributed by atoms with van der Waals surface area (Å²) in [7, 11) is 0. The van der Waals surface area contributed by atoms with Gasteiger partial charge in [-0.2, -0.15) is 0 Å². The van der Waals surface area contributed by atoms with Gasteiger partial charge in [-0.25, -0.2) is 0 Å². The number of nitrogens with two attached hydrogens (primary N) is 1. The summed E-state index contributed by atoms with van der Waals surface area (Å²) >= 11 is 0. The van der Waals surface area contributed by atoms with Gasteiger partial charge in [-0.05, 0) is 25.8 Å². The van der Waals surface area contributed by atoms with Gasteiger partial charge in [0.05, 0.1) is 0 Å². The van der Waals surface area contributed by atoms with Crippen LogP contribution in [0, 0.1) is 0 Å². The molecular formula is C17H22N2O2. The fourth-order valence-corrected chi connectivity index (χ4v) is 2.38. The summed E-state index contributed by atoms with van der Waals surface area (Å²) in [5, 5.41) is 5.45. The average molecular weight is 286 g/mol. The quantitative estimate of drug-likeness (QED) is 0.858. The lowest BCUT2D eigenvalue weighted by atomic mass is 10.0. The highest BCUT2D eigenvalue weighted by atomic mass is 16.5. The van der Waals surface area contributed by atoms with Gasteiger partial charge < -0.3 is 15.8 Å². The first-order valence-electron chi connectivity index (χ1n) is 7.25. The van der Waals surface area contributed by atoms with Crippen LogP contribution in [-0.2, 0) is 4.79 Å². The van der Waals surface area contributed by atoms with Crippen molar-refractivity contribution in [2.75, 3.05) is 6.54 Å².